The highest BCUT2D eigenvalue weighted by Gasteiger charge is 2.17. The van der Waals surface area contributed by atoms with Gasteiger partial charge in [-0.1, -0.05) is 58.9 Å². The first kappa shape index (κ1) is 17.7. The first-order chi connectivity index (χ1) is 9.75. The standard InChI is InChI=1S/C18H30N2O/c1-7-19-12-13(2)17(21)20-14(3)15-8-10-16(11-9-15)18(4,5)6/h8-11,13-14,19H,7,12H2,1-6H3,(H,20,21). The molecule has 0 saturated heterocycles. The quantitative estimate of drug-likeness (QED) is 0.843. The average molecular weight is 290 g/mol. The van der Waals surface area contributed by atoms with Gasteiger partial charge in [0.2, 0.25) is 5.91 Å². The summed E-state index contributed by atoms with van der Waals surface area (Å²) in [6, 6.07) is 8.57. The third-order valence-corrected chi connectivity index (χ3v) is 3.78. The zero-order valence-electron chi connectivity index (χ0n) is 14.3. The zero-order valence-corrected chi connectivity index (χ0v) is 14.3. The highest BCUT2D eigenvalue weighted by atomic mass is 16.1. The SMILES string of the molecule is CCNCC(C)C(=O)NC(C)c1ccc(C(C)(C)C)cc1. The number of carbonyl (C=O) groups is 1. The highest BCUT2D eigenvalue weighted by molar-refractivity contribution is 5.78. The van der Waals surface area contributed by atoms with Gasteiger partial charge in [0.25, 0.3) is 0 Å². The Balaban J connectivity index is 2.63. The van der Waals surface area contributed by atoms with E-state index in [0.29, 0.717) is 0 Å². The smallest absolute Gasteiger partial charge is 0.224 e. The van der Waals surface area contributed by atoms with Crippen LogP contribution in [0.15, 0.2) is 24.3 Å². The van der Waals surface area contributed by atoms with E-state index in [1.54, 1.807) is 0 Å². The number of amides is 1. The predicted molar refractivity (Wildman–Crippen MR) is 89.4 cm³/mol. The fourth-order valence-corrected chi connectivity index (χ4v) is 2.16. The molecule has 1 amide bonds. The summed E-state index contributed by atoms with van der Waals surface area (Å²) in [5.41, 5.74) is 2.61. The summed E-state index contributed by atoms with van der Waals surface area (Å²) in [5, 5.41) is 6.29. The third kappa shape index (κ3) is 5.50. The molecule has 0 aromatic heterocycles. The molecule has 3 heteroatoms. The summed E-state index contributed by atoms with van der Waals surface area (Å²) in [6.45, 7) is 14.3. The van der Waals surface area contributed by atoms with Gasteiger partial charge >= 0.3 is 0 Å². The Bertz CT molecular complexity index is 445. The average Bonchev–Trinajstić information content (AvgIpc) is 2.43. The molecule has 3 nitrogen and oxygen atoms in total. The lowest BCUT2D eigenvalue weighted by atomic mass is 9.86. The Labute approximate surface area is 129 Å². The van der Waals surface area contributed by atoms with E-state index in [9.17, 15) is 4.79 Å². The molecule has 1 aromatic carbocycles. The van der Waals surface area contributed by atoms with E-state index in [-0.39, 0.29) is 23.3 Å². The summed E-state index contributed by atoms with van der Waals surface area (Å²) in [6.07, 6.45) is 0. The minimum atomic E-state index is -0.0127. The molecule has 0 aliphatic heterocycles. The van der Waals surface area contributed by atoms with Crippen molar-refractivity contribution < 1.29 is 4.79 Å². The topological polar surface area (TPSA) is 41.1 Å². The molecule has 0 bridgehead atoms. The first-order valence-corrected chi connectivity index (χ1v) is 7.87. The Morgan fingerprint density at radius 3 is 2.19 bits per heavy atom. The fourth-order valence-electron chi connectivity index (χ4n) is 2.16. The van der Waals surface area contributed by atoms with Crippen molar-refractivity contribution in [2.45, 2.75) is 53.0 Å². The van der Waals surface area contributed by atoms with Crippen LogP contribution in [0.2, 0.25) is 0 Å². The van der Waals surface area contributed by atoms with Gasteiger partial charge in [0.05, 0.1) is 6.04 Å². The largest absolute Gasteiger partial charge is 0.349 e. The van der Waals surface area contributed by atoms with E-state index in [2.05, 4.69) is 55.7 Å². The second kappa shape index (κ2) is 7.60. The van der Waals surface area contributed by atoms with Crippen LogP contribution in [0.5, 0.6) is 0 Å². The maximum absolute atomic E-state index is 12.1. The van der Waals surface area contributed by atoms with Crippen molar-refractivity contribution in [3.8, 4) is 0 Å². The van der Waals surface area contributed by atoms with Gasteiger partial charge in [-0.25, -0.2) is 0 Å². The Morgan fingerprint density at radius 1 is 1.14 bits per heavy atom. The molecule has 2 N–H and O–H groups in total. The minimum Gasteiger partial charge on any atom is -0.349 e. The van der Waals surface area contributed by atoms with Crippen LogP contribution in [-0.4, -0.2) is 19.0 Å². The lowest BCUT2D eigenvalue weighted by Crippen LogP contribution is -2.36. The molecule has 0 aliphatic rings. The Morgan fingerprint density at radius 2 is 1.71 bits per heavy atom. The van der Waals surface area contributed by atoms with Crippen LogP contribution in [0.1, 0.15) is 58.7 Å². The van der Waals surface area contributed by atoms with E-state index in [0.717, 1.165) is 18.7 Å². The van der Waals surface area contributed by atoms with Gasteiger partial charge in [0.1, 0.15) is 0 Å². The Hall–Kier alpha value is -1.35. The molecular weight excluding hydrogens is 260 g/mol. The maximum atomic E-state index is 12.1. The molecule has 118 valence electrons. The molecule has 0 aliphatic carbocycles. The van der Waals surface area contributed by atoms with E-state index < -0.39 is 0 Å². The lowest BCUT2D eigenvalue weighted by Gasteiger charge is -2.21. The molecular formula is C18H30N2O. The second-order valence-electron chi connectivity index (χ2n) is 6.81. The van der Waals surface area contributed by atoms with E-state index >= 15 is 0 Å². The summed E-state index contributed by atoms with van der Waals surface area (Å²) in [7, 11) is 0. The number of hydrogen-bond acceptors (Lipinski definition) is 2. The van der Waals surface area contributed by atoms with Gasteiger partial charge in [-0.05, 0) is 30.0 Å². The summed E-state index contributed by atoms with van der Waals surface area (Å²) in [5.74, 6) is 0.0876. The fraction of sp³-hybridized carbons (Fsp3) is 0.611. The van der Waals surface area contributed by atoms with Crippen molar-refractivity contribution in [3.05, 3.63) is 35.4 Å². The van der Waals surface area contributed by atoms with Gasteiger partial charge in [-0.2, -0.15) is 0 Å². The number of hydrogen-bond donors (Lipinski definition) is 2. The molecule has 2 unspecified atom stereocenters. The molecule has 2 atom stereocenters. The summed E-state index contributed by atoms with van der Waals surface area (Å²) >= 11 is 0. The van der Waals surface area contributed by atoms with E-state index in [1.807, 2.05) is 20.8 Å². The monoisotopic (exact) mass is 290 g/mol. The van der Waals surface area contributed by atoms with Gasteiger partial charge in [-0.3, -0.25) is 4.79 Å². The van der Waals surface area contributed by atoms with E-state index in [4.69, 9.17) is 0 Å². The number of rotatable bonds is 6. The van der Waals surface area contributed by atoms with Crippen molar-refractivity contribution in [2.24, 2.45) is 5.92 Å². The maximum Gasteiger partial charge on any atom is 0.224 e. The molecule has 1 rings (SSSR count). The molecule has 21 heavy (non-hydrogen) atoms. The molecule has 0 saturated carbocycles. The van der Waals surface area contributed by atoms with Crippen molar-refractivity contribution in [2.75, 3.05) is 13.1 Å². The van der Waals surface area contributed by atoms with Gasteiger partial charge in [-0.15, -0.1) is 0 Å². The minimum absolute atomic E-state index is 0.0127. The molecule has 0 heterocycles. The normalized spacial score (nSPS) is 14.6. The zero-order chi connectivity index (χ0) is 16.0. The Kier molecular flexibility index (Phi) is 6.41. The van der Waals surface area contributed by atoms with Crippen LogP contribution >= 0.6 is 0 Å². The van der Waals surface area contributed by atoms with Gasteiger partial charge in [0.15, 0.2) is 0 Å². The van der Waals surface area contributed by atoms with Crippen LogP contribution in [-0.2, 0) is 10.2 Å². The van der Waals surface area contributed by atoms with Crippen molar-refractivity contribution in [3.63, 3.8) is 0 Å². The molecule has 1 aromatic rings. The van der Waals surface area contributed by atoms with Gasteiger partial charge < -0.3 is 10.6 Å². The molecule has 0 fully saturated rings. The second-order valence-corrected chi connectivity index (χ2v) is 6.81. The number of benzene rings is 1. The van der Waals surface area contributed by atoms with Crippen LogP contribution in [0.25, 0.3) is 0 Å². The van der Waals surface area contributed by atoms with Crippen molar-refractivity contribution in [1.82, 2.24) is 10.6 Å². The van der Waals surface area contributed by atoms with Crippen molar-refractivity contribution in [1.29, 1.82) is 0 Å². The first-order valence-electron chi connectivity index (χ1n) is 7.87. The molecule has 0 spiro atoms. The summed E-state index contributed by atoms with van der Waals surface area (Å²) in [4.78, 5) is 12.1. The van der Waals surface area contributed by atoms with Crippen LogP contribution < -0.4 is 10.6 Å². The number of carbonyl (C=O) groups excluding carboxylic acids is 1. The van der Waals surface area contributed by atoms with Gasteiger partial charge in [0, 0.05) is 12.5 Å². The van der Waals surface area contributed by atoms with E-state index in [1.165, 1.54) is 5.56 Å². The third-order valence-electron chi connectivity index (χ3n) is 3.78. The van der Waals surface area contributed by atoms with Crippen LogP contribution in [0, 0.1) is 5.92 Å². The summed E-state index contributed by atoms with van der Waals surface area (Å²) < 4.78 is 0. The highest BCUT2D eigenvalue weighted by Crippen LogP contribution is 2.23. The van der Waals surface area contributed by atoms with Crippen LogP contribution in [0.4, 0.5) is 0 Å². The van der Waals surface area contributed by atoms with Crippen molar-refractivity contribution >= 4 is 5.91 Å². The predicted octanol–water partition coefficient (Wildman–Crippen LogP) is 3.41. The van der Waals surface area contributed by atoms with Crippen LogP contribution in [0.3, 0.4) is 0 Å². The lowest BCUT2D eigenvalue weighted by molar-refractivity contribution is -0.125. The molecule has 0 radical (unpaired) electrons. The number of nitrogens with one attached hydrogen (secondary N) is 2.